The number of aliphatic carboxylic acids is 1. The molecule has 0 aliphatic heterocycles. The molecule has 0 bridgehead atoms. The summed E-state index contributed by atoms with van der Waals surface area (Å²) in [5.74, 6) is -0.460. The van der Waals surface area contributed by atoms with Crippen molar-refractivity contribution < 1.29 is 19.4 Å². The summed E-state index contributed by atoms with van der Waals surface area (Å²) in [6.45, 7) is 3.76. The molecule has 29 heavy (non-hydrogen) atoms. The molecule has 3 aromatic carbocycles. The highest BCUT2D eigenvalue weighted by Gasteiger charge is 2.22. The highest BCUT2D eigenvalue weighted by atomic mass is 16.5. The summed E-state index contributed by atoms with van der Waals surface area (Å²) < 4.78 is 5.91. The van der Waals surface area contributed by atoms with Gasteiger partial charge in [-0.25, -0.2) is 0 Å². The minimum Gasteiger partial charge on any atom is -0.480 e. The van der Waals surface area contributed by atoms with E-state index in [1.54, 1.807) is 24.3 Å². The Morgan fingerprint density at radius 1 is 0.862 bits per heavy atom. The standard InChI is InChI=1S/C24H23NO4/c1-17-7-11-19(12-8-17)15-25(16-23(26)27)24(28)21-5-3-4-6-22(21)29-20-13-9-18(2)10-14-20/h3-14H,15-16H2,1-2H3,(H,26,27). The van der Waals surface area contributed by atoms with E-state index in [-0.39, 0.29) is 6.54 Å². The van der Waals surface area contributed by atoms with E-state index in [1.807, 2.05) is 62.4 Å². The van der Waals surface area contributed by atoms with Crippen molar-refractivity contribution in [2.24, 2.45) is 0 Å². The third-order valence-electron chi connectivity index (χ3n) is 4.47. The van der Waals surface area contributed by atoms with Gasteiger partial charge in [-0.3, -0.25) is 9.59 Å². The highest BCUT2D eigenvalue weighted by molar-refractivity contribution is 5.98. The first-order valence-corrected chi connectivity index (χ1v) is 9.32. The fourth-order valence-corrected chi connectivity index (χ4v) is 2.91. The third-order valence-corrected chi connectivity index (χ3v) is 4.47. The second kappa shape index (κ2) is 9.06. The Labute approximate surface area is 170 Å². The predicted molar refractivity (Wildman–Crippen MR) is 111 cm³/mol. The summed E-state index contributed by atoms with van der Waals surface area (Å²) in [6, 6.07) is 22.0. The van der Waals surface area contributed by atoms with Gasteiger partial charge in [0.15, 0.2) is 0 Å². The molecule has 0 heterocycles. The molecule has 0 radical (unpaired) electrons. The van der Waals surface area contributed by atoms with Crippen LogP contribution >= 0.6 is 0 Å². The first kappa shape index (κ1) is 20.1. The number of benzene rings is 3. The molecule has 5 nitrogen and oxygen atoms in total. The van der Waals surface area contributed by atoms with E-state index < -0.39 is 18.4 Å². The second-order valence-corrected chi connectivity index (χ2v) is 6.95. The van der Waals surface area contributed by atoms with E-state index in [2.05, 4.69) is 0 Å². The maximum atomic E-state index is 13.2. The second-order valence-electron chi connectivity index (χ2n) is 6.95. The van der Waals surface area contributed by atoms with Gasteiger partial charge >= 0.3 is 5.97 Å². The third kappa shape index (κ3) is 5.45. The van der Waals surface area contributed by atoms with Crippen molar-refractivity contribution in [3.63, 3.8) is 0 Å². The van der Waals surface area contributed by atoms with Crippen LogP contribution in [0.15, 0.2) is 72.8 Å². The van der Waals surface area contributed by atoms with Crippen molar-refractivity contribution in [3.05, 3.63) is 95.1 Å². The van der Waals surface area contributed by atoms with Crippen LogP contribution in [0.1, 0.15) is 27.0 Å². The Kier molecular flexibility index (Phi) is 6.29. The number of ether oxygens (including phenoxy) is 1. The van der Waals surface area contributed by atoms with Crippen LogP contribution in [0.3, 0.4) is 0 Å². The number of carbonyl (C=O) groups is 2. The van der Waals surface area contributed by atoms with Gasteiger partial charge in [-0.05, 0) is 43.7 Å². The maximum Gasteiger partial charge on any atom is 0.323 e. The van der Waals surface area contributed by atoms with Crippen LogP contribution in [-0.4, -0.2) is 28.4 Å². The molecule has 148 valence electrons. The van der Waals surface area contributed by atoms with Crippen molar-refractivity contribution in [1.82, 2.24) is 4.90 Å². The molecule has 0 aliphatic rings. The topological polar surface area (TPSA) is 66.8 Å². The van der Waals surface area contributed by atoms with E-state index >= 15 is 0 Å². The molecule has 0 aliphatic carbocycles. The first-order chi connectivity index (χ1) is 13.9. The Balaban J connectivity index is 1.87. The van der Waals surface area contributed by atoms with Crippen molar-refractivity contribution in [2.45, 2.75) is 20.4 Å². The van der Waals surface area contributed by atoms with Crippen LogP contribution in [0.4, 0.5) is 0 Å². The average Bonchev–Trinajstić information content (AvgIpc) is 2.70. The minimum atomic E-state index is -1.07. The number of carboxylic acid groups (broad SMARTS) is 1. The molecule has 0 atom stereocenters. The van der Waals surface area contributed by atoms with Gasteiger partial charge in [0.1, 0.15) is 18.0 Å². The van der Waals surface area contributed by atoms with Gasteiger partial charge in [0.25, 0.3) is 5.91 Å². The summed E-state index contributed by atoms with van der Waals surface area (Å²) in [5, 5.41) is 9.31. The van der Waals surface area contributed by atoms with Gasteiger partial charge in [0.05, 0.1) is 5.56 Å². The van der Waals surface area contributed by atoms with Crippen LogP contribution in [-0.2, 0) is 11.3 Å². The molecule has 3 rings (SSSR count). The van der Waals surface area contributed by atoms with Crippen molar-refractivity contribution in [3.8, 4) is 11.5 Å². The van der Waals surface area contributed by atoms with E-state index in [9.17, 15) is 14.7 Å². The zero-order valence-electron chi connectivity index (χ0n) is 16.5. The van der Waals surface area contributed by atoms with E-state index in [0.29, 0.717) is 17.1 Å². The molecule has 0 saturated carbocycles. The van der Waals surface area contributed by atoms with Crippen LogP contribution in [0, 0.1) is 13.8 Å². The number of carbonyl (C=O) groups excluding carboxylic acids is 1. The zero-order chi connectivity index (χ0) is 20.8. The summed E-state index contributed by atoms with van der Waals surface area (Å²) >= 11 is 0. The number of rotatable bonds is 7. The Bertz CT molecular complexity index is 994. The maximum absolute atomic E-state index is 13.2. The van der Waals surface area contributed by atoms with Crippen molar-refractivity contribution >= 4 is 11.9 Å². The smallest absolute Gasteiger partial charge is 0.323 e. The van der Waals surface area contributed by atoms with Gasteiger partial charge in [-0.1, -0.05) is 59.7 Å². The summed E-state index contributed by atoms with van der Waals surface area (Å²) in [7, 11) is 0. The molecule has 0 spiro atoms. The Morgan fingerprint density at radius 2 is 1.45 bits per heavy atom. The summed E-state index contributed by atoms with van der Waals surface area (Å²) in [6.07, 6.45) is 0. The van der Waals surface area contributed by atoms with Gasteiger partial charge in [0, 0.05) is 6.54 Å². The molecule has 1 amide bonds. The van der Waals surface area contributed by atoms with Crippen LogP contribution in [0.25, 0.3) is 0 Å². The molecule has 0 aromatic heterocycles. The fourth-order valence-electron chi connectivity index (χ4n) is 2.91. The number of amides is 1. The summed E-state index contributed by atoms with van der Waals surface area (Å²) in [5.41, 5.74) is 3.39. The summed E-state index contributed by atoms with van der Waals surface area (Å²) in [4.78, 5) is 25.9. The number of aryl methyl sites for hydroxylation is 2. The van der Waals surface area contributed by atoms with Gasteiger partial charge in [-0.2, -0.15) is 0 Å². The van der Waals surface area contributed by atoms with Crippen LogP contribution in [0.5, 0.6) is 11.5 Å². The van der Waals surface area contributed by atoms with E-state index in [0.717, 1.165) is 16.7 Å². The van der Waals surface area contributed by atoms with Gasteiger partial charge in [-0.15, -0.1) is 0 Å². The quantitative estimate of drug-likeness (QED) is 0.629. The SMILES string of the molecule is Cc1ccc(CN(CC(=O)O)C(=O)c2ccccc2Oc2ccc(C)cc2)cc1. The van der Waals surface area contributed by atoms with Gasteiger partial charge < -0.3 is 14.7 Å². The lowest BCUT2D eigenvalue weighted by Gasteiger charge is -2.22. The number of hydrogen-bond acceptors (Lipinski definition) is 3. The molecule has 0 saturated heterocycles. The average molecular weight is 389 g/mol. The number of carboxylic acids is 1. The number of hydrogen-bond donors (Lipinski definition) is 1. The molecule has 3 aromatic rings. The molecule has 0 unspecified atom stereocenters. The molecular formula is C24H23NO4. The Morgan fingerprint density at radius 3 is 2.07 bits per heavy atom. The molecule has 0 fully saturated rings. The monoisotopic (exact) mass is 389 g/mol. The number of nitrogens with zero attached hydrogens (tertiary/aromatic N) is 1. The Hall–Kier alpha value is -3.60. The molecule has 1 N–H and O–H groups in total. The fraction of sp³-hybridized carbons (Fsp3) is 0.167. The normalized spacial score (nSPS) is 10.4. The zero-order valence-corrected chi connectivity index (χ0v) is 16.5. The largest absolute Gasteiger partial charge is 0.480 e. The number of para-hydroxylation sites is 1. The van der Waals surface area contributed by atoms with Crippen molar-refractivity contribution in [1.29, 1.82) is 0 Å². The van der Waals surface area contributed by atoms with Crippen LogP contribution in [0.2, 0.25) is 0 Å². The minimum absolute atomic E-state index is 0.199. The lowest BCUT2D eigenvalue weighted by molar-refractivity contribution is -0.137. The highest BCUT2D eigenvalue weighted by Crippen LogP contribution is 2.27. The van der Waals surface area contributed by atoms with Crippen molar-refractivity contribution in [2.75, 3.05) is 6.54 Å². The van der Waals surface area contributed by atoms with E-state index in [4.69, 9.17) is 4.74 Å². The lowest BCUT2D eigenvalue weighted by atomic mass is 10.1. The van der Waals surface area contributed by atoms with E-state index in [1.165, 1.54) is 4.90 Å². The lowest BCUT2D eigenvalue weighted by Crippen LogP contribution is -2.35. The molecule has 5 heteroatoms. The predicted octanol–water partition coefficient (Wildman–Crippen LogP) is 4.82. The molecular weight excluding hydrogens is 366 g/mol. The first-order valence-electron chi connectivity index (χ1n) is 9.32. The van der Waals surface area contributed by atoms with Crippen LogP contribution < -0.4 is 4.74 Å². The van der Waals surface area contributed by atoms with Gasteiger partial charge in [0.2, 0.25) is 0 Å².